The number of rotatable bonds is 2. The molecule has 1 aliphatic heterocycles. The molecule has 0 atom stereocenters. The van der Waals surface area contributed by atoms with Crippen molar-refractivity contribution in [3.8, 4) is 0 Å². The van der Waals surface area contributed by atoms with Crippen LogP contribution < -0.4 is 31.7 Å². The van der Waals surface area contributed by atoms with Crippen molar-refractivity contribution in [2.24, 2.45) is 0 Å². The van der Waals surface area contributed by atoms with Gasteiger partial charge in [0.05, 0.1) is 0 Å². The monoisotopic (exact) mass is 360 g/mol. The van der Waals surface area contributed by atoms with Crippen molar-refractivity contribution in [3.63, 3.8) is 0 Å². The molecular weight excluding hydrogens is 339 g/mol. The van der Waals surface area contributed by atoms with Gasteiger partial charge in [0.15, 0.2) is 8.07 Å². The Labute approximate surface area is 162 Å². The van der Waals surface area contributed by atoms with Crippen LogP contribution in [0.15, 0.2) is 109 Å². The van der Waals surface area contributed by atoms with E-state index in [1.54, 1.807) is 0 Å². The van der Waals surface area contributed by atoms with Crippen molar-refractivity contribution in [1.29, 1.82) is 0 Å². The summed E-state index contributed by atoms with van der Waals surface area (Å²) in [6, 6.07) is 40.6. The molecule has 128 valence electrons. The molecule has 4 aromatic rings. The normalized spacial score (nSPS) is 14.3. The highest BCUT2D eigenvalue weighted by atomic mass is 28.3. The Morgan fingerprint density at radius 1 is 0.481 bits per heavy atom. The van der Waals surface area contributed by atoms with Crippen LogP contribution in [0.2, 0.25) is 6.82 Å². The summed E-state index contributed by atoms with van der Waals surface area (Å²) in [5, 5.41) is 5.99. The van der Waals surface area contributed by atoms with Gasteiger partial charge < -0.3 is 0 Å². The summed E-state index contributed by atoms with van der Waals surface area (Å²) in [7, 11) is -2.32. The summed E-state index contributed by atoms with van der Waals surface area (Å²) in [6.07, 6.45) is 0. The van der Waals surface area contributed by atoms with E-state index in [0.29, 0.717) is 6.71 Å². The molecule has 0 radical (unpaired) electrons. The fourth-order valence-electron chi connectivity index (χ4n) is 4.91. The van der Waals surface area contributed by atoms with Crippen molar-refractivity contribution >= 4 is 46.5 Å². The minimum atomic E-state index is -2.32. The molecule has 1 aliphatic rings. The van der Waals surface area contributed by atoms with Gasteiger partial charge in [-0.3, -0.25) is 0 Å². The van der Waals surface area contributed by atoms with E-state index < -0.39 is 8.07 Å². The Bertz CT molecular complexity index is 1000. The molecule has 0 saturated heterocycles. The summed E-state index contributed by atoms with van der Waals surface area (Å²) in [5.74, 6) is 0. The van der Waals surface area contributed by atoms with Gasteiger partial charge in [-0.2, -0.15) is 0 Å². The molecule has 4 aromatic carbocycles. The third-order valence-corrected chi connectivity index (χ3v) is 11.0. The Morgan fingerprint density at radius 3 is 1.30 bits per heavy atom. The van der Waals surface area contributed by atoms with E-state index in [1.165, 1.54) is 31.7 Å². The highest BCUT2D eigenvalue weighted by Gasteiger charge is 2.48. The summed E-state index contributed by atoms with van der Waals surface area (Å²) >= 11 is 0. The topological polar surface area (TPSA) is 0 Å². The van der Waals surface area contributed by atoms with Gasteiger partial charge in [-0.25, -0.2) is 0 Å². The van der Waals surface area contributed by atoms with Crippen LogP contribution in [0.5, 0.6) is 0 Å². The van der Waals surface area contributed by atoms with Gasteiger partial charge in [-0.05, 0) is 10.4 Å². The van der Waals surface area contributed by atoms with Crippen molar-refractivity contribution in [2.75, 3.05) is 0 Å². The lowest BCUT2D eigenvalue weighted by Crippen LogP contribution is -2.85. The SMILES string of the molecule is CB1c2ccccc2[Si](c2ccccc2)(c2ccccc2)c2ccccc21. The Balaban J connectivity index is 1.99. The molecule has 0 saturated carbocycles. The summed E-state index contributed by atoms with van der Waals surface area (Å²) in [4.78, 5) is 0. The predicted octanol–water partition coefficient (Wildman–Crippen LogP) is 1.62. The van der Waals surface area contributed by atoms with Gasteiger partial charge in [-0.15, -0.1) is 0 Å². The zero-order valence-corrected chi connectivity index (χ0v) is 16.5. The van der Waals surface area contributed by atoms with Crippen LogP contribution in [0, 0.1) is 0 Å². The maximum atomic E-state index is 2.38. The Morgan fingerprint density at radius 2 is 0.852 bits per heavy atom. The van der Waals surface area contributed by atoms with Crippen LogP contribution in [-0.2, 0) is 0 Å². The van der Waals surface area contributed by atoms with E-state index in [9.17, 15) is 0 Å². The number of fused-ring (bicyclic) bond motifs is 2. The first kappa shape index (κ1) is 16.3. The fourth-order valence-corrected chi connectivity index (χ4v) is 10.3. The van der Waals surface area contributed by atoms with Crippen LogP contribution >= 0.6 is 0 Å². The Hall–Kier alpha value is -2.84. The molecule has 0 amide bonds. The first-order chi connectivity index (χ1) is 13.3. The van der Waals surface area contributed by atoms with Crippen molar-refractivity contribution in [3.05, 3.63) is 109 Å². The zero-order valence-electron chi connectivity index (χ0n) is 15.5. The van der Waals surface area contributed by atoms with Crippen LogP contribution in [0.25, 0.3) is 0 Å². The van der Waals surface area contributed by atoms with Crippen molar-refractivity contribution in [1.82, 2.24) is 0 Å². The molecule has 5 rings (SSSR count). The minimum Gasteiger partial charge on any atom is -0.0774 e. The smallest absolute Gasteiger partial charge is 0.0774 e. The van der Waals surface area contributed by atoms with E-state index in [4.69, 9.17) is 0 Å². The van der Waals surface area contributed by atoms with Gasteiger partial charge >= 0.3 is 0 Å². The lowest BCUT2D eigenvalue weighted by Gasteiger charge is -2.42. The second-order valence-electron chi connectivity index (χ2n) is 7.38. The fraction of sp³-hybridized carbons (Fsp3) is 0.0400. The number of hydrogen-bond donors (Lipinski definition) is 0. The van der Waals surface area contributed by atoms with Crippen molar-refractivity contribution < 1.29 is 0 Å². The number of hydrogen-bond acceptors (Lipinski definition) is 0. The first-order valence-corrected chi connectivity index (χ1v) is 11.6. The molecule has 0 bridgehead atoms. The third-order valence-electron chi connectivity index (χ3n) is 6.08. The molecule has 2 heteroatoms. The van der Waals surface area contributed by atoms with E-state index in [0.717, 1.165) is 0 Å². The molecule has 0 aliphatic carbocycles. The predicted molar refractivity (Wildman–Crippen MR) is 121 cm³/mol. The quantitative estimate of drug-likeness (QED) is 0.477. The molecule has 0 fully saturated rings. The van der Waals surface area contributed by atoms with Gasteiger partial charge in [0.2, 0.25) is 6.71 Å². The lowest BCUT2D eigenvalue weighted by molar-refractivity contribution is 1.67. The highest BCUT2D eigenvalue weighted by molar-refractivity contribution is 7.25. The molecule has 0 N–H and O–H groups in total. The molecule has 27 heavy (non-hydrogen) atoms. The first-order valence-electron chi connectivity index (χ1n) is 9.63. The lowest BCUT2D eigenvalue weighted by atomic mass is 9.42. The minimum absolute atomic E-state index is 0.422. The molecule has 0 spiro atoms. The maximum Gasteiger partial charge on any atom is 0.206 e. The highest BCUT2D eigenvalue weighted by Crippen LogP contribution is 2.11. The third kappa shape index (κ3) is 2.30. The zero-order chi connectivity index (χ0) is 18.3. The van der Waals surface area contributed by atoms with Gasteiger partial charge in [0.25, 0.3) is 0 Å². The van der Waals surface area contributed by atoms with Crippen LogP contribution in [0.1, 0.15) is 0 Å². The molecule has 1 heterocycles. The van der Waals surface area contributed by atoms with E-state index >= 15 is 0 Å². The molecule has 0 aromatic heterocycles. The van der Waals surface area contributed by atoms with E-state index in [-0.39, 0.29) is 0 Å². The van der Waals surface area contributed by atoms with Crippen LogP contribution in [-0.4, -0.2) is 14.8 Å². The second-order valence-corrected chi connectivity index (χ2v) is 11.1. The van der Waals surface area contributed by atoms with Crippen LogP contribution in [0.3, 0.4) is 0 Å². The summed E-state index contributed by atoms with van der Waals surface area (Å²) < 4.78 is 0. The van der Waals surface area contributed by atoms with Gasteiger partial charge in [-0.1, -0.05) is 137 Å². The molecular formula is C25H21BSi. The average molecular weight is 360 g/mol. The summed E-state index contributed by atoms with van der Waals surface area (Å²) in [6.45, 7) is 2.77. The number of benzene rings is 4. The van der Waals surface area contributed by atoms with E-state index in [2.05, 4.69) is 116 Å². The summed E-state index contributed by atoms with van der Waals surface area (Å²) in [5.41, 5.74) is 2.96. The average Bonchev–Trinajstić information content (AvgIpc) is 2.76. The van der Waals surface area contributed by atoms with Gasteiger partial charge in [0.1, 0.15) is 0 Å². The van der Waals surface area contributed by atoms with Crippen LogP contribution in [0.4, 0.5) is 0 Å². The molecule has 0 unspecified atom stereocenters. The molecule has 0 nitrogen and oxygen atoms in total. The Kier molecular flexibility index (Phi) is 3.87. The maximum absolute atomic E-state index is 2.38. The second kappa shape index (κ2) is 6.40. The van der Waals surface area contributed by atoms with Crippen molar-refractivity contribution in [2.45, 2.75) is 6.82 Å². The standard InChI is InChI=1S/C25H21BSi/c1-26-22-16-8-10-18-24(22)27(20-12-4-2-5-13-20,21-14-6-3-7-15-21)25-19-11-9-17-23(25)26/h2-19H,1H3. The van der Waals surface area contributed by atoms with E-state index in [1.807, 2.05) is 0 Å². The largest absolute Gasteiger partial charge is 0.206 e. The van der Waals surface area contributed by atoms with Gasteiger partial charge in [0, 0.05) is 0 Å².